The smallest absolute Gasteiger partial charge is 0.0383 e. The zero-order valence-corrected chi connectivity index (χ0v) is 6.56. The summed E-state index contributed by atoms with van der Waals surface area (Å²) in [5, 5.41) is 10.9. The van der Waals surface area contributed by atoms with Gasteiger partial charge in [0.15, 0.2) is 0 Å². The lowest BCUT2D eigenvalue weighted by molar-refractivity contribution is 0.491. The van der Waals surface area contributed by atoms with Gasteiger partial charge in [-0.3, -0.25) is 0 Å². The van der Waals surface area contributed by atoms with Crippen molar-refractivity contribution in [3.8, 4) is 0 Å². The molecule has 10 heavy (non-hydrogen) atoms. The number of nitrogens with one attached hydrogen (secondary N) is 2. The molecule has 1 aliphatic heterocycles. The molecule has 0 amide bonds. The van der Waals surface area contributed by atoms with Crippen LogP contribution in [0.3, 0.4) is 0 Å². The average molecular weight is 142 g/mol. The third-order valence-corrected chi connectivity index (χ3v) is 1.77. The van der Waals surface area contributed by atoms with Gasteiger partial charge in [-0.25, -0.2) is 5.32 Å². The SMILES string of the molecule is CNCC1CCNCC[N]1. The van der Waals surface area contributed by atoms with Crippen molar-refractivity contribution in [2.45, 2.75) is 12.5 Å². The fourth-order valence-corrected chi connectivity index (χ4v) is 1.21. The molecule has 1 saturated heterocycles. The Hall–Kier alpha value is -0.120. The maximum absolute atomic E-state index is 4.49. The minimum atomic E-state index is 0.542. The molecule has 0 aliphatic carbocycles. The first-order valence-corrected chi connectivity index (χ1v) is 3.95. The van der Waals surface area contributed by atoms with Crippen LogP contribution in [-0.2, 0) is 0 Å². The molecule has 1 aliphatic rings. The third kappa shape index (κ3) is 2.64. The van der Waals surface area contributed by atoms with Crippen LogP contribution in [0.1, 0.15) is 6.42 Å². The first-order chi connectivity index (χ1) is 4.93. The van der Waals surface area contributed by atoms with Crippen molar-refractivity contribution in [1.82, 2.24) is 16.0 Å². The monoisotopic (exact) mass is 142 g/mol. The minimum absolute atomic E-state index is 0.542. The zero-order valence-electron chi connectivity index (χ0n) is 6.56. The lowest BCUT2D eigenvalue weighted by Gasteiger charge is -2.11. The predicted molar refractivity (Wildman–Crippen MR) is 42.2 cm³/mol. The fourth-order valence-electron chi connectivity index (χ4n) is 1.21. The molecule has 2 N–H and O–H groups in total. The van der Waals surface area contributed by atoms with Crippen LogP contribution in [0.2, 0.25) is 0 Å². The third-order valence-electron chi connectivity index (χ3n) is 1.77. The number of hydrogen-bond acceptors (Lipinski definition) is 2. The molecule has 1 radical (unpaired) electrons. The second kappa shape index (κ2) is 4.66. The Balaban J connectivity index is 2.15. The summed E-state index contributed by atoms with van der Waals surface area (Å²) >= 11 is 0. The van der Waals surface area contributed by atoms with Crippen LogP contribution < -0.4 is 16.0 Å². The standard InChI is InChI=1S/C7H16N3/c1-8-6-7-2-3-9-4-5-10-7/h7-9H,2-6H2,1H3. The van der Waals surface area contributed by atoms with Gasteiger partial charge in [-0.05, 0) is 20.0 Å². The van der Waals surface area contributed by atoms with Gasteiger partial charge in [-0.15, -0.1) is 0 Å². The van der Waals surface area contributed by atoms with Crippen LogP contribution in [-0.4, -0.2) is 39.3 Å². The molecule has 0 aromatic carbocycles. The summed E-state index contributed by atoms with van der Waals surface area (Å²) in [5.74, 6) is 0. The Morgan fingerprint density at radius 1 is 1.60 bits per heavy atom. The summed E-state index contributed by atoms with van der Waals surface area (Å²) < 4.78 is 0. The van der Waals surface area contributed by atoms with Crippen LogP contribution in [0.4, 0.5) is 0 Å². The molecule has 3 heteroatoms. The molecule has 1 heterocycles. The van der Waals surface area contributed by atoms with Crippen LogP contribution in [0.5, 0.6) is 0 Å². The van der Waals surface area contributed by atoms with Gasteiger partial charge in [-0.1, -0.05) is 0 Å². The van der Waals surface area contributed by atoms with Crippen LogP contribution in [0.25, 0.3) is 0 Å². The van der Waals surface area contributed by atoms with Gasteiger partial charge in [0.2, 0.25) is 0 Å². The van der Waals surface area contributed by atoms with E-state index in [1.54, 1.807) is 0 Å². The molecular weight excluding hydrogens is 126 g/mol. The number of likely N-dealkylation sites (N-methyl/N-ethyl adjacent to an activating group) is 1. The van der Waals surface area contributed by atoms with E-state index in [9.17, 15) is 0 Å². The van der Waals surface area contributed by atoms with Crippen molar-refractivity contribution in [3.05, 3.63) is 0 Å². The van der Waals surface area contributed by atoms with Gasteiger partial charge < -0.3 is 10.6 Å². The average Bonchev–Trinajstić information content (AvgIpc) is 2.17. The van der Waals surface area contributed by atoms with E-state index in [2.05, 4.69) is 16.0 Å². The van der Waals surface area contributed by atoms with E-state index in [4.69, 9.17) is 0 Å². The highest BCUT2D eigenvalue weighted by Crippen LogP contribution is 1.93. The van der Waals surface area contributed by atoms with Crippen molar-refractivity contribution >= 4 is 0 Å². The molecule has 59 valence electrons. The summed E-state index contributed by atoms with van der Waals surface area (Å²) in [5.41, 5.74) is 0. The van der Waals surface area contributed by atoms with Gasteiger partial charge in [-0.2, -0.15) is 0 Å². The van der Waals surface area contributed by atoms with Crippen LogP contribution in [0, 0.1) is 0 Å². The maximum Gasteiger partial charge on any atom is 0.0383 e. The number of hydrogen-bond donors (Lipinski definition) is 2. The summed E-state index contributed by atoms with van der Waals surface area (Å²) in [6.45, 7) is 4.18. The topological polar surface area (TPSA) is 38.2 Å². The van der Waals surface area contributed by atoms with Crippen molar-refractivity contribution in [3.63, 3.8) is 0 Å². The summed E-state index contributed by atoms with van der Waals surface area (Å²) in [7, 11) is 1.98. The van der Waals surface area contributed by atoms with E-state index < -0.39 is 0 Å². The molecule has 0 spiro atoms. The van der Waals surface area contributed by atoms with Gasteiger partial charge in [0.25, 0.3) is 0 Å². The van der Waals surface area contributed by atoms with E-state index in [1.807, 2.05) is 7.05 Å². The highest BCUT2D eigenvalue weighted by atomic mass is 15.0. The molecule has 0 bridgehead atoms. The van der Waals surface area contributed by atoms with E-state index in [0.717, 1.165) is 26.2 Å². The molecule has 3 nitrogen and oxygen atoms in total. The molecule has 0 aromatic heterocycles. The Morgan fingerprint density at radius 3 is 3.30 bits per heavy atom. The predicted octanol–water partition coefficient (Wildman–Crippen LogP) is -0.828. The molecule has 1 fully saturated rings. The molecule has 1 unspecified atom stereocenters. The lowest BCUT2D eigenvalue weighted by Crippen LogP contribution is -2.32. The first-order valence-electron chi connectivity index (χ1n) is 3.95. The van der Waals surface area contributed by atoms with Crippen molar-refractivity contribution in [2.75, 3.05) is 33.2 Å². The molecular formula is C7H16N3. The van der Waals surface area contributed by atoms with E-state index in [0.29, 0.717) is 6.04 Å². The second-order valence-electron chi connectivity index (χ2n) is 2.66. The lowest BCUT2D eigenvalue weighted by atomic mass is 10.2. The molecule has 0 aromatic rings. The Morgan fingerprint density at radius 2 is 2.50 bits per heavy atom. The zero-order chi connectivity index (χ0) is 7.23. The van der Waals surface area contributed by atoms with Gasteiger partial charge in [0, 0.05) is 25.7 Å². The van der Waals surface area contributed by atoms with Crippen LogP contribution in [0.15, 0.2) is 0 Å². The van der Waals surface area contributed by atoms with E-state index >= 15 is 0 Å². The highest BCUT2D eigenvalue weighted by molar-refractivity contribution is 4.73. The molecule has 0 saturated carbocycles. The highest BCUT2D eigenvalue weighted by Gasteiger charge is 2.09. The summed E-state index contributed by atoms with van der Waals surface area (Å²) in [4.78, 5) is 0. The van der Waals surface area contributed by atoms with Crippen LogP contribution >= 0.6 is 0 Å². The second-order valence-corrected chi connectivity index (χ2v) is 2.66. The van der Waals surface area contributed by atoms with Crippen molar-refractivity contribution < 1.29 is 0 Å². The van der Waals surface area contributed by atoms with Gasteiger partial charge >= 0.3 is 0 Å². The first kappa shape index (κ1) is 7.98. The molecule has 1 atom stereocenters. The van der Waals surface area contributed by atoms with E-state index in [1.165, 1.54) is 6.42 Å². The van der Waals surface area contributed by atoms with Gasteiger partial charge in [0.05, 0.1) is 0 Å². The largest absolute Gasteiger partial charge is 0.318 e. The Labute approximate surface area is 62.6 Å². The Kier molecular flexibility index (Phi) is 3.72. The van der Waals surface area contributed by atoms with Gasteiger partial charge in [0.1, 0.15) is 0 Å². The Bertz CT molecular complexity index is 76.9. The summed E-state index contributed by atoms with van der Waals surface area (Å²) in [6.07, 6.45) is 1.18. The number of rotatable bonds is 2. The number of nitrogens with zero attached hydrogens (tertiary/aromatic N) is 1. The van der Waals surface area contributed by atoms with Crippen molar-refractivity contribution in [1.29, 1.82) is 0 Å². The van der Waals surface area contributed by atoms with E-state index in [-0.39, 0.29) is 0 Å². The normalized spacial score (nSPS) is 27.9. The van der Waals surface area contributed by atoms with Crippen molar-refractivity contribution in [2.24, 2.45) is 0 Å². The summed E-state index contributed by atoms with van der Waals surface area (Å²) in [6, 6.07) is 0.542. The minimum Gasteiger partial charge on any atom is -0.318 e. The quantitative estimate of drug-likeness (QED) is 0.528. The fraction of sp³-hybridized carbons (Fsp3) is 1.00. The molecule has 1 rings (SSSR count). The maximum atomic E-state index is 4.49.